The van der Waals surface area contributed by atoms with E-state index in [1.54, 1.807) is 6.92 Å². The molecule has 0 heterocycles. The molecule has 0 saturated carbocycles. The predicted molar refractivity (Wildman–Crippen MR) is 73.5 cm³/mol. The molecule has 0 unspecified atom stereocenters. The summed E-state index contributed by atoms with van der Waals surface area (Å²) < 4.78 is 10.5. The van der Waals surface area contributed by atoms with Crippen LogP contribution in [0.25, 0.3) is 0 Å². The van der Waals surface area contributed by atoms with Gasteiger partial charge in [0.05, 0.1) is 6.61 Å². The van der Waals surface area contributed by atoms with E-state index in [9.17, 15) is 4.79 Å². The molecule has 100 valence electrons. The zero-order valence-corrected chi connectivity index (χ0v) is 12.7. The Morgan fingerprint density at radius 3 is 2.29 bits per heavy atom. The number of esters is 1. The largest absolute Gasteiger partial charge is 0.462 e. The third kappa shape index (κ3) is 9.12. The standard InChI is InChI=1S/C13H26O3Si/c1-12(2)13(14)16-10-8-6-7-9-11-17(4,5)15-3/h1,6-11H2,2-5H3. The van der Waals surface area contributed by atoms with Crippen molar-refractivity contribution >= 4 is 14.3 Å². The summed E-state index contributed by atoms with van der Waals surface area (Å²) in [4.78, 5) is 11.1. The van der Waals surface area contributed by atoms with Crippen LogP contribution in [0.15, 0.2) is 12.2 Å². The highest BCUT2D eigenvalue weighted by molar-refractivity contribution is 6.71. The summed E-state index contributed by atoms with van der Waals surface area (Å²) in [6, 6.07) is 1.20. The number of unbranched alkanes of at least 4 members (excludes halogenated alkanes) is 3. The molecule has 0 radical (unpaired) electrons. The van der Waals surface area contributed by atoms with Gasteiger partial charge in [0.2, 0.25) is 0 Å². The molecule has 0 N–H and O–H groups in total. The Morgan fingerprint density at radius 1 is 1.18 bits per heavy atom. The first-order valence-electron chi connectivity index (χ1n) is 6.27. The summed E-state index contributed by atoms with van der Waals surface area (Å²) in [6.45, 7) is 10.2. The fourth-order valence-electron chi connectivity index (χ4n) is 1.40. The molecule has 0 aliphatic heterocycles. The van der Waals surface area contributed by atoms with E-state index in [1.165, 1.54) is 18.9 Å². The zero-order chi connectivity index (χ0) is 13.3. The van der Waals surface area contributed by atoms with Gasteiger partial charge < -0.3 is 9.16 Å². The minimum atomic E-state index is -1.38. The van der Waals surface area contributed by atoms with Crippen LogP contribution in [0.5, 0.6) is 0 Å². The second-order valence-electron chi connectivity index (χ2n) is 5.04. The lowest BCUT2D eigenvalue weighted by atomic mass is 10.2. The molecule has 0 fully saturated rings. The molecule has 4 heteroatoms. The van der Waals surface area contributed by atoms with Gasteiger partial charge in [0, 0.05) is 12.7 Å². The van der Waals surface area contributed by atoms with Gasteiger partial charge in [0.15, 0.2) is 8.32 Å². The molecular formula is C13H26O3Si. The zero-order valence-electron chi connectivity index (χ0n) is 11.7. The van der Waals surface area contributed by atoms with Crippen LogP contribution in [0.4, 0.5) is 0 Å². The van der Waals surface area contributed by atoms with Gasteiger partial charge in [-0.2, -0.15) is 0 Å². The maximum Gasteiger partial charge on any atom is 0.333 e. The van der Waals surface area contributed by atoms with Gasteiger partial charge >= 0.3 is 5.97 Å². The van der Waals surface area contributed by atoms with Gasteiger partial charge in [0.25, 0.3) is 0 Å². The summed E-state index contributed by atoms with van der Waals surface area (Å²) in [5.41, 5.74) is 0.470. The fourth-order valence-corrected chi connectivity index (χ4v) is 2.70. The molecule has 0 saturated heterocycles. The first-order valence-corrected chi connectivity index (χ1v) is 9.38. The Bertz CT molecular complexity index is 249. The summed E-state index contributed by atoms with van der Waals surface area (Å²) >= 11 is 0. The number of rotatable bonds is 9. The summed E-state index contributed by atoms with van der Waals surface area (Å²) in [7, 11) is 0.433. The second-order valence-corrected chi connectivity index (χ2v) is 9.47. The Balaban J connectivity index is 3.36. The molecular weight excluding hydrogens is 232 g/mol. The average Bonchev–Trinajstić information content (AvgIpc) is 2.27. The van der Waals surface area contributed by atoms with Crippen LogP contribution in [0.2, 0.25) is 19.1 Å². The number of carbonyl (C=O) groups excluding carboxylic acids is 1. The minimum absolute atomic E-state index is 0.280. The Morgan fingerprint density at radius 2 is 1.76 bits per heavy atom. The third-order valence-electron chi connectivity index (χ3n) is 2.81. The molecule has 0 aromatic carbocycles. The average molecular weight is 258 g/mol. The topological polar surface area (TPSA) is 35.5 Å². The smallest absolute Gasteiger partial charge is 0.333 e. The van der Waals surface area contributed by atoms with Gasteiger partial charge in [-0.15, -0.1) is 0 Å². The summed E-state index contributed by atoms with van der Waals surface area (Å²) in [6.07, 6.45) is 4.44. The quantitative estimate of drug-likeness (QED) is 0.275. The predicted octanol–water partition coefficient (Wildman–Crippen LogP) is 3.52. The molecule has 17 heavy (non-hydrogen) atoms. The second kappa shape index (κ2) is 8.47. The highest BCUT2D eigenvalue weighted by Crippen LogP contribution is 2.15. The fraction of sp³-hybridized carbons (Fsp3) is 0.769. The first kappa shape index (κ1) is 16.4. The molecule has 0 bridgehead atoms. The lowest BCUT2D eigenvalue weighted by Crippen LogP contribution is -2.27. The monoisotopic (exact) mass is 258 g/mol. The summed E-state index contributed by atoms with van der Waals surface area (Å²) in [5, 5.41) is 0. The van der Waals surface area contributed by atoms with Crippen molar-refractivity contribution in [3.05, 3.63) is 12.2 Å². The molecule has 0 aliphatic carbocycles. The Labute approximate surface area is 106 Å². The van der Waals surface area contributed by atoms with Crippen LogP contribution in [-0.2, 0) is 14.0 Å². The molecule has 0 spiro atoms. The maximum absolute atomic E-state index is 11.1. The SMILES string of the molecule is C=C(C)C(=O)OCCCCCC[Si](C)(C)OC. The van der Waals surface area contributed by atoms with Crippen molar-refractivity contribution in [2.75, 3.05) is 13.7 Å². The molecule has 3 nitrogen and oxygen atoms in total. The maximum atomic E-state index is 11.1. The molecule has 0 aromatic heterocycles. The number of carbonyl (C=O) groups is 1. The van der Waals surface area contributed by atoms with Gasteiger partial charge in [-0.3, -0.25) is 0 Å². The lowest BCUT2D eigenvalue weighted by Gasteiger charge is -2.19. The van der Waals surface area contributed by atoms with Crippen LogP contribution in [0, 0.1) is 0 Å². The highest BCUT2D eigenvalue weighted by atomic mass is 28.4. The van der Waals surface area contributed by atoms with Crippen LogP contribution >= 0.6 is 0 Å². The molecule has 0 rings (SSSR count). The van der Waals surface area contributed by atoms with Crippen molar-refractivity contribution in [3.8, 4) is 0 Å². The van der Waals surface area contributed by atoms with Crippen LogP contribution in [0.3, 0.4) is 0 Å². The molecule has 0 aromatic rings. The van der Waals surface area contributed by atoms with E-state index in [-0.39, 0.29) is 5.97 Å². The van der Waals surface area contributed by atoms with Crippen molar-refractivity contribution in [2.45, 2.75) is 51.7 Å². The number of hydrogen-bond acceptors (Lipinski definition) is 3. The highest BCUT2D eigenvalue weighted by Gasteiger charge is 2.19. The minimum Gasteiger partial charge on any atom is -0.462 e. The van der Waals surface area contributed by atoms with Crippen LogP contribution < -0.4 is 0 Å². The van der Waals surface area contributed by atoms with E-state index in [0.717, 1.165) is 12.8 Å². The van der Waals surface area contributed by atoms with E-state index in [1.807, 2.05) is 7.11 Å². The third-order valence-corrected chi connectivity index (χ3v) is 5.47. The molecule has 0 aliphatic rings. The van der Waals surface area contributed by atoms with E-state index in [2.05, 4.69) is 19.7 Å². The normalized spacial score (nSPS) is 11.3. The number of ether oxygens (including phenoxy) is 1. The molecule has 0 atom stereocenters. The lowest BCUT2D eigenvalue weighted by molar-refractivity contribution is -0.139. The van der Waals surface area contributed by atoms with Crippen molar-refractivity contribution in [3.63, 3.8) is 0 Å². The first-order chi connectivity index (χ1) is 7.89. The van der Waals surface area contributed by atoms with Crippen molar-refractivity contribution < 1.29 is 14.0 Å². The van der Waals surface area contributed by atoms with E-state index in [0.29, 0.717) is 12.2 Å². The van der Waals surface area contributed by atoms with E-state index < -0.39 is 8.32 Å². The Kier molecular flexibility index (Phi) is 8.17. The van der Waals surface area contributed by atoms with Gasteiger partial charge in [0.1, 0.15) is 0 Å². The van der Waals surface area contributed by atoms with Crippen LogP contribution in [0.1, 0.15) is 32.6 Å². The van der Waals surface area contributed by atoms with Crippen molar-refractivity contribution in [2.24, 2.45) is 0 Å². The molecule has 0 amide bonds. The van der Waals surface area contributed by atoms with Crippen LogP contribution in [-0.4, -0.2) is 28.0 Å². The van der Waals surface area contributed by atoms with Gasteiger partial charge in [-0.05, 0) is 32.5 Å². The Hall–Kier alpha value is -0.613. The van der Waals surface area contributed by atoms with Crippen molar-refractivity contribution in [1.82, 2.24) is 0 Å². The van der Waals surface area contributed by atoms with Crippen molar-refractivity contribution in [1.29, 1.82) is 0 Å². The van der Waals surface area contributed by atoms with E-state index in [4.69, 9.17) is 9.16 Å². The number of hydrogen-bond donors (Lipinski definition) is 0. The van der Waals surface area contributed by atoms with Gasteiger partial charge in [-0.25, -0.2) is 4.79 Å². The van der Waals surface area contributed by atoms with E-state index >= 15 is 0 Å². The van der Waals surface area contributed by atoms with Gasteiger partial charge in [-0.1, -0.05) is 25.8 Å². The summed E-state index contributed by atoms with van der Waals surface area (Å²) in [5.74, 6) is -0.280.